The summed E-state index contributed by atoms with van der Waals surface area (Å²) in [4.78, 5) is 34.0. The van der Waals surface area contributed by atoms with Crippen molar-refractivity contribution in [1.82, 2.24) is 40.3 Å². The van der Waals surface area contributed by atoms with Gasteiger partial charge in [0, 0.05) is 62.3 Å². The van der Waals surface area contributed by atoms with Crippen LogP contribution in [0, 0.1) is 6.92 Å². The number of carbonyl (C=O) groups excluding carboxylic acids is 1. The van der Waals surface area contributed by atoms with Crippen molar-refractivity contribution in [2.45, 2.75) is 20.4 Å². The van der Waals surface area contributed by atoms with Crippen LogP contribution in [0.3, 0.4) is 0 Å². The number of piperazine rings is 1. The predicted molar refractivity (Wildman–Crippen MR) is 151 cm³/mol. The van der Waals surface area contributed by atoms with E-state index in [1.54, 1.807) is 12.4 Å². The number of amides is 1. The average Bonchev–Trinajstić information content (AvgIpc) is 3.64. The second-order valence-electron chi connectivity index (χ2n) is 9.70. The Balaban J connectivity index is 1.22. The van der Waals surface area contributed by atoms with Crippen LogP contribution in [0.4, 0.5) is 5.82 Å². The van der Waals surface area contributed by atoms with Crippen LogP contribution in [0.25, 0.3) is 33.5 Å². The maximum absolute atomic E-state index is 13.3. The molecule has 3 N–H and O–H groups in total. The first-order valence-corrected chi connectivity index (χ1v) is 13.3. The van der Waals surface area contributed by atoms with E-state index in [0.29, 0.717) is 30.3 Å². The highest BCUT2D eigenvalue weighted by atomic mass is 16.2. The van der Waals surface area contributed by atoms with Gasteiger partial charge >= 0.3 is 0 Å². The van der Waals surface area contributed by atoms with Gasteiger partial charge in [-0.15, -0.1) is 0 Å². The summed E-state index contributed by atoms with van der Waals surface area (Å²) in [5, 5.41) is 11.9. The van der Waals surface area contributed by atoms with E-state index in [0.717, 1.165) is 54.0 Å². The van der Waals surface area contributed by atoms with Gasteiger partial charge < -0.3 is 20.1 Å². The Morgan fingerprint density at radius 3 is 2.72 bits per heavy atom. The molecule has 1 aromatic carbocycles. The molecule has 0 spiro atoms. The summed E-state index contributed by atoms with van der Waals surface area (Å²) < 4.78 is 0. The van der Waals surface area contributed by atoms with E-state index in [4.69, 9.17) is 0 Å². The molecule has 1 aliphatic rings. The molecule has 10 heteroatoms. The normalized spacial score (nSPS) is 13.8. The minimum atomic E-state index is -0.0610. The molecule has 0 aliphatic carbocycles. The fraction of sp³-hybridized carbons (Fsp3) is 0.276. The van der Waals surface area contributed by atoms with E-state index < -0.39 is 0 Å². The fourth-order valence-corrected chi connectivity index (χ4v) is 5.06. The van der Waals surface area contributed by atoms with Crippen LogP contribution in [-0.2, 0) is 6.54 Å². The van der Waals surface area contributed by atoms with Gasteiger partial charge in [0.05, 0.1) is 11.7 Å². The summed E-state index contributed by atoms with van der Waals surface area (Å²) in [5.41, 5.74) is 6.56. The smallest absolute Gasteiger partial charge is 0.272 e. The molecule has 1 saturated heterocycles. The summed E-state index contributed by atoms with van der Waals surface area (Å²) >= 11 is 0. The number of imidazole rings is 1. The topological polar surface area (TPSA) is 119 Å². The Morgan fingerprint density at radius 2 is 1.92 bits per heavy atom. The first kappa shape index (κ1) is 24.7. The molecule has 0 radical (unpaired) electrons. The number of benzene rings is 1. The van der Waals surface area contributed by atoms with Gasteiger partial charge in [-0.1, -0.05) is 19.1 Å². The number of nitrogens with one attached hydrogen (secondary N) is 3. The molecular formula is C29H31N9O. The van der Waals surface area contributed by atoms with Crippen LogP contribution in [0.1, 0.15) is 28.5 Å². The number of hydrogen-bond donors (Lipinski definition) is 3. The Kier molecular flexibility index (Phi) is 6.76. The molecule has 1 aliphatic heterocycles. The Morgan fingerprint density at radius 1 is 1.05 bits per heavy atom. The summed E-state index contributed by atoms with van der Waals surface area (Å²) in [7, 11) is 0. The van der Waals surface area contributed by atoms with Gasteiger partial charge in [-0.05, 0) is 54.4 Å². The summed E-state index contributed by atoms with van der Waals surface area (Å²) in [6.45, 7) is 8.63. The van der Waals surface area contributed by atoms with E-state index >= 15 is 0 Å². The van der Waals surface area contributed by atoms with Crippen molar-refractivity contribution in [3.8, 4) is 22.6 Å². The Labute approximate surface area is 226 Å². The van der Waals surface area contributed by atoms with Crippen molar-refractivity contribution < 1.29 is 4.79 Å². The van der Waals surface area contributed by atoms with E-state index in [1.807, 2.05) is 41.6 Å². The zero-order valence-corrected chi connectivity index (χ0v) is 22.1. The number of hydrogen-bond acceptors (Lipinski definition) is 7. The first-order valence-electron chi connectivity index (χ1n) is 13.3. The molecule has 5 heterocycles. The Bertz CT molecular complexity index is 1600. The third kappa shape index (κ3) is 4.86. The summed E-state index contributed by atoms with van der Waals surface area (Å²) in [6.07, 6.45) is 7.22. The van der Waals surface area contributed by atoms with E-state index in [9.17, 15) is 4.79 Å². The number of aromatic nitrogens is 6. The number of aromatic amines is 2. The lowest BCUT2D eigenvalue weighted by Gasteiger charge is -2.35. The second kappa shape index (κ2) is 10.7. The highest BCUT2D eigenvalue weighted by molar-refractivity contribution is 5.96. The van der Waals surface area contributed by atoms with Gasteiger partial charge in [0.25, 0.3) is 5.91 Å². The molecule has 5 aromatic rings. The van der Waals surface area contributed by atoms with Crippen molar-refractivity contribution in [2.75, 3.05) is 37.6 Å². The van der Waals surface area contributed by atoms with Gasteiger partial charge in [0.2, 0.25) is 0 Å². The highest BCUT2D eigenvalue weighted by Gasteiger charge is 2.25. The number of nitrogens with zero attached hydrogens (tertiary/aromatic N) is 6. The second-order valence-corrected chi connectivity index (χ2v) is 9.70. The van der Waals surface area contributed by atoms with Gasteiger partial charge in [0.15, 0.2) is 5.82 Å². The van der Waals surface area contributed by atoms with E-state index in [1.165, 1.54) is 11.1 Å². The molecule has 1 amide bonds. The largest absolute Gasteiger partial charge is 0.353 e. The summed E-state index contributed by atoms with van der Waals surface area (Å²) in [5.74, 6) is 1.44. The van der Waals surface area contributed by atoms with Gasteiger partial charge in [0.1, 0.15) is 17.2 Å². The van der Waals surface area contributed by atoms with Crippen LogP contribution >= 0.6 is 0 Å². The monoisotopic (exact) mass is 521 g/mol. The molecule has 0 bridgehead atoms. The van der Waals surface area contributed by atoms with Crippen molar-refractivity contribution in [2.24, 2.45) is 0 Å². The third-order valence-corrected chi connectivity index (χ3v) is 7.33. The van der Waals surface area contributed by atoms with Crippen LogP contribution < -0.4 is 10.2 Å². The minimum Gasteiger partial charge on any atom is -0.353 e. The highest BCUT2D eigenvalue weighted by Crippen LogP contribution is 2.31. The van der Waals surface area contributed by atoms with Crippen LogP contribution in [0.2, 0.25) is 0 Å². The molecule has 0 unspecified atom stereocenters. The number of fused-ring (bicyclic) bond motifs is 1. The molecule has 198 valence electrons. The van der Waals surface area contributed by atoms with Crippen molar-refractivity contribution in [3.05, 3.63) is 78.0 Å². The van der Waals surface area contributed by atoms with Crippen molar-refractivity contribution >= 4 is 22.6 Å². The van der Waals surface area contributed by atoms with Crippen molar-refractivity contribution in [3.63, 3.8) is 0 Å². The van der Waals surface area contributed by atoms with Gasteiger partial charge in [-0.2, -0.15) is 5.10 Å². The molecule has 0 atom stereocenters. The first-order chi connectivity index (χ1) is 19.1. The van der Waals surface area contributed by atoms with Crippen molar-refractivity contribution in [1.29, 1.82) is 0 Å². The molecular weight excluding hydrogens is 490 g/mol. The lowest BCUT2D eigenvalue weighted by atomic mass is 9.98. The zero-order chi connectivity index (χ0) is 26.8. The molecule has 10 nitrogen and oxygen atoms in total. The number of rotatable bonds is 7. The fourth-order valence-electron chi connectivity index (χ4n) is 5.06. The number of pyridine rings is 2. The lowest BCUT2D eigenvalue weighted by molar-refractivity contribution is 0.0741. The van der Waals surface area contributed by atoms with Crippen LogP contribution in [0.5, 0.6) is 0 Å². The SMILES string of the molecule is CCNCc1cncc(-c2ccc3[nH]nc(-c4ncc(C(=O)N5CCN(c6ccccn6)CC5)[nH]4)c3c2)c1C. The minimum absolute atomic E-state index is 0.0610. The van der Waals surface area contributed by atoms with Gasteiger partial charge in [-0.3, -0.25) is 14.9 Å². The number of anilines is 1. The molecule has 1 fully saturated rings. The number of carbonyl (C=O) groups is 1. The Hall–Kier alpha value is -4.57. The van der Waals surface area contributed by atoms with E-state index in [2.05, 4.69) is 66.3 Å². The molecule has 4 aromatic heterocycles. The molecule has 39 heavy (non-hydrogen) atoms. The maximum atomic E-state index is 13.3. The molecule has 0 saturated carbocycles. The summed E-state index contributed by atoms with van der Waals surface area (Å²) in [6, 6.07) is 12.1. The predicted octanol–water partition coefficient (Wildman–Crippen LogP) is 3.79. The number of H-pyrrole nitrogens is 2. The van der Waals surface area contributed by atoms with Crippen LogP contribution in [-0.4, -0.2) is 73.7 Å². The quantitative estimate of drug-likeness (QED) is 0.298. The lowest BCUT2D eigenvalue weighted by Crippen LogP contribution is -2.49. The van der Waals surface area contributed by atoms with Gasteiger partial charge in [-0.25, -0.2) is 9.97 Å². The maximum Gasteiger partial charge on any atom is 0.272 e. The average molecular weight is 522 g/mol. The van der Waals surface area contributed by atoms with Crippen LogP contribution in [0.15, 0.2) is 61.2 Å². The van der Waals surface area contributed by atoms with E-state index in [-0.39, 0.29) is 5.91 Å². The standard InChI is InChI=1S/C29H31N9O/c1-3-30-15-21-16-31-17-23(19(21)2)20-7-8-24-22(14-20)27(36-35-24)28-33-18-25(34-28)29(39)38-12-10-37(11-13-38)26-6-4-5-9-32-26/h4-9,14,16-18,30H,3,10-13,15H2,1-2H3,(H,33,34)(H,35,36). The third-order valence-electron chi connectivity index (χ3n) is 7.33. The zero-order valence-electron chi connectivity index (χ0n) is 22.1. The molecule has 6 rings (SSSR count).